The van der Waals surface area contributed by atoms with Crippen LogP contribution in [0.5, 0.6) is 11.5 Å². The van der Waals surface area contributed by atoms with Gasteiger partial charge in [-0.3, -0.25) is 0 Å². The average Bonchev–Trinajstić information content (AvgIpc) is 2.52. The van der Waals surface area contributed by atoms with Crippen molar-refractivity contribution < 1.29 is 4.74 Å². The molecule has 4 heteroatoms. The third-order valence-electron chi connectivity index (χ3n) is 1.81. The summed E-state index contributed by atoms with van der Waals surface area (Å²) in [5, 5.41) is 1.13. The summed E-state index contributed by atoms with van der Waals surface area (Å²) in [6, 6.07) is 14.6. The molecule has 0 bridgehead atoms. The Morgan fingerprint density at radius 1 is 0.818 bits per heavy atom. The second-order valence-electron chi connectivity index (χ2n) is 3.43. The van der Waals surface area contributed by atoms with Gasteiger partial charge in [-0.1, -0.05) is 76.0 Å². The van der Waals surface area contributed by atoms with Crippen LogP contribution in [-0.2, 0) is 0 Å². The van der Waals surface area contributed by atoms with Crippen molar-refractivity contribution in [3.63, 3.8) is 0 Å². The van der Waals surface area contributed by atoms with Gasteiger partial charge in [0.2, 0.25) is 0 Å². The van der Waals surface area contributed by atoms with E-state index in [0.29, 0.717) is 15.8 Å². The fourth-order valence-corrected chi connectivity index (χ4v) is 1.72. The number of hydrogen-bond acceptors (Lipinski definition) is 2. The molecule has 0 saturated heterocycles. The standard InChI is InChI=1S/C12H8Cl2O.C2H7N.2C2H6/c13-9-6-10(14)8-12(7-9)15-11-4-2-1-3-5-11;1-2-3;2*1-2/h1-8H;2-3H2,1H3;2*1-2H3. The van der Waals surface area contributed by atoms with Crippen molar-refractivity contribution in [1.82, 2.24) is 0 Å². The summed E-state index contributed by atoms with van der Waals surface area (Å²) in [6.45, 7) is 10.7. The molecular formula is C18H27Cl2NO. The fraction of sp³-hybridized carbons (Fsp3) is 0.333. The molecule has 0 spiro atoms. The number of halogens is 2. The van der Waals surface area contributed by atoms with Gasteiger partial charge in [-0.2, -0.15) is 0 Å². The highest BCUT2D eigenvalue weighted by atomic mass is 35.5. The third-order valence-corrected chi connectivity index (χ3v) is 2.25. The first-order chi connectivity index (χ1) is 10.7. The van der Waals surface area contributed by atoms with Crippen molar-refractivity contribution in [3.05, 3.63) is 58.6 Å². The maximum Gasteiger partial charge on any atom is 0.130 e. The van der Waals surface area contributed by atoms with Crippen LogP contribution in [0.4, 0.5) is 0 Å². The lowest BCUT2D eigenvalue weighted by atomic mass is 10.3. The molecule has 0 aliphatic carbocycles. The molecule has 2 aromatic rings. The molecule has 2 nitrogen and oxygen atoms in total. The highest BCUT2D eigenvalue weighted by Gasteiger charge is 2.00. The third kappa shape index (κ3) is 11.4. The van der Waals surface area contributed by atoms with Gasteiger partial charge in [-0.15, -0.1) is 0 Å². The van der Waals surface area contributed by atoms with Crippen LogP contribution >= 0.6 is 23.2 Å². The normalized spacial score (nSPS) is 8.18. The predicted octanol–water partition coefficient (Wildman–Crippen LogP) is 6.80. The van der Waals surface area contributed by atoms with Gasteiger partial charge >= 0.3 is 0 Å². The Balaban J connectivity index is 0. The van der Waals surface area contributed by atoms with E-state index in [9.17, 15) is 0 Å². The number of rotatable bonds is 2. The van der Waals surface area contributed by atoms with Crippen LogP contribution < -0.4 is 10.5 Å². The van der Waals surface area contributed by atoms with Gasteiger partial charge in [-0.05, 0) is 36.9 Å². The Kier molecular flexibility index (Phi) is 16.9. The first kappa shape index (κ1) is 23.1. The first-order valence-electron chi connectivity index (χ1n) is 7.54. The molecule has 0 radical (unpaired) electrons. The summed E-state index contributed by atoms with van der Waals surface area (Å²) in [4.78, 5) is 0. The topological polar surface area (TPSA) is 35.2 Å². The molecule has 2 aromatic carbocycles. The SMILES string of the molecule is CC.CC.CCN.Clc1cc(Cl)cc(Oc2ccccc2)c1. The molecule has 0 unspecified atom stereocenters. The number of ether oxygens (including phenoxy) is 1. The molecule has 0 aliphatic heterocycles. The van der Waals surface area contributed by atoms with Crippen molar-refractivity contribution in [1.29, 1.82) is 0 Å². The quantitative estimate of drug-likeness (QED) is 0.650. The number of hydrogen-bond donors (Lipinski definition) is 1. The molecule has 0 heterocycles. The average molecular weight is 344 g/mol. The lowest BCUT2D eigenvalue weighted by molar-refractivity contribution is 0.483. The van der Waals surface area contributed by atoms with Gasteiger partial charge in [0.25, 0.3) is 0 Å². The van der Waals surface area contributed by atoms with Crippen molar-refractivity contribution >= 4 is 23.2 Å². The molecule has 0 aromatic heterocycles. The minimum atomic E-state index is 0.563. The van der Waals surface area contributed by atoms with Gasteiger partial charge < -0.3 is 10.5 Å². The van der Waals surface area contributed by atoms with Crippen LogP contribution in [0.15, 0.2) is 48.5 Å². The van der Waals surface area contributed by atoms with Gasteiger partial charge in [0, 0.05) is 10.0 Å². The summed E-state index contributed by atoms with van der Waals surface area (Å²) in [6.07, 6.45) is 0. The van der Waals surface area contributed by atoms with Gasteiger partial charge in [0.15, 0.2) is 0 Å². The maximum atomic E-state index is 5.85. The first-order valence-corrected chi connectivity index (χ1v) is 8.30. The second kappa shape index (κ2) is 16.2. The number of nitrogens with two attached hydrogens (primary N) is 1. The smallest absolute Gasteiger partial charge is 0.130 e. The molecule has 22 heavy (non-hydrogen) atoms. The number of para-hydroxylation sites is 1. The Morgan fingerprint density at radius 3 is 1.64 bits per heavy atom. The largest absolute Gasteiger partial charge is 0.457 e. The second-order valence-corrected chi connectivity index (χ2v) is 4.30. The van der Waals surface area contributed by atoms with Crippen LogP contribution in [0.1, 0.15) is 34.6 Å². The lowest BCUT2D eigenvalue weighted by Gasteiger charge is -2.05. The van der Waals surface area contributed by atoms with Gasteiger partial charge in [0.05, 0.1) is 0 Å². The Bertz CT molecular complexity index is 456. The van der Waals surface area contributed by atoms with Crippen LogP contribution in [0.2, 0.25) is 10.0 Å². The van der Waals surface area contributed by atoms with E-state index in [2.05, 4.69) is 0 Å². The van der Waals surface area contributed by atoms with Crippen LogP contribution in [0.3, 0.4) is 0 Å². The molecule has 0 saturated carbocycles. The van der Waals surface area contributed by atoms with E-state index in [0.717, 1.165) is 12.3 Å². The predicted molar refractivity (Wildman–Crippen MR) is 100 cm³/mol. The van der Waals surface area contributed by atoms with E-state index >= 15 is 0 Å². The Morgan fingerprint density at radius 2 is 1.23 bits per heavy atom. The fourth-order valence-electron chi connectivity index (χ4n) is 1.21. The zero-order valence-corrected chi connectivity index (χ0v) is 15.6. The summed E-state index contributed by atoms with van der Waals surface area (Å²) < 4.78 is 5.57. The van der Waals surface area contributed by atoms with Gasteiger partial charge in [-0.25, -0.2) is 0 Å². The zero-order valence-electron chi connectivity index (χ0n) is 14.1. The highest BCUT2D eigenvalue weighted by molar-refractivity contribution is 6.34. The lowest BCUT2D eigenvalue weighted by Crippen LogP contribution is -1.87. The van der Waals surface area contributed by atoms with E-state index < -0.39 is 0 Å². The maximum absolute atomic E-state index is 5.85. The monoisotopic (exact) mass is 343 g/mol. The van der Waals surface area contributed by atoms with Crippen molar-refractivity contribution in [3.8, 4) is 11.5 Å². The zero-order chi connectivity index (χ0) is 17.4. The molecule has 0 aliphatic rings. The highest BCUT2D eigenvalue weighted by Crippen LogP contribution is 2.27. The van der Waals surface area contributed by atoms with Crippen molar-refractivity contribution in [2.45, 2.75) is 34.6 Å². The number of benzene rings is 2. The molecule has 0 atom stereocenters. The molecule has 0 amide bonds. The van der Waals surface area contributed by atoms with Crippen LogP contribution in [-0.4, -0.2) is 6.54 Å². The van der Waals surface area contributed by atoms with Gasteiger partial charge in [0.1, 0.15) is 11.5 Å². The summed E-state index contributed by atoms with van der Waals surface area (Å²) in [5.74, 6) is 1.40. The summed E-state index contributed by atoms with van der Waals surface area (Å²) >= 11 is 11.7. The van der Waals surface area contributed by atoms with E-state index in [1.54, 1.807) is 18.2 Å². The van der Waals surface area contributed by atoms with Crippen LogP contribution in [0, 0.1) is 0 Å². The van der Waals surface area contributed by atoms with Crippen molar-refractivity contribution in [2.75, 3.05) is 6.54 Å². The minimum Gasteiger partial charge on any atom is -0.457 e. The minimum absolute atomic E-state index is 0.563. The van der Waals surface area contributed by atoms with Crippen molar-refractivity contribution in [2.24, 2.45) is 5.73 Å². The summed E-state index contributed by atoms with van der Waals surface area (Å²) in [7, 11) is 0. The van der Waals surface area contributed by atoms with E-state index in [4.69, 9.17) is 33.7 Å². The molecule has 0 fully saturated rings. The Labute approximate surface area is 145 Å². The molecular weight excluding hydrogens is 317 g/mol. The van der Waals surface area contributed by atoms with Crippen LogP contribution in [0.25, 0.3) is 0 Å². The molecule has 124 valence electrons. The molecule has 2 rings (SSSR count). The Hall–Kier alpha value is -1.22. The summed E-state index contributed by atoms with van der Waals surface area (Å²) in [5.41, 5.74) is 4.85. The van der Waals surface area contributed by atoms with E-state index in [1.807, 2.05) is 65.0 Å². The van der Waals surface area contributed by atoms with E-state index in [-0.39, 0.29) is 0 Å². The van der Waals surface area contributed by atoms with E-state index in [1.165, 1.54) is 0 Å². The molecule has 2 N–H and O–H groups in total.